The van der Waals surface area contributed by atoms with Crippen molar-refractivity contribution in [1.82, 2.24) is 10.2 Å². The minimum absolute atomic E-state index is 0.0833. The highest BCUT2D eigenvalue weighted by Crippen LogP contribution is 2.25. The van der Waals surface area contributed by atoms with Gasteiger partial charge in [-0.3, -0.25) is 10.1 Å². The Bertz CT molecular complexity index is 587. The summed E-state index contributed by atoms with van der Waals surface area (Å²) in [7, 11) is 1.63. The van der Waals surface area contributed by atoms with E-state index in [1.54, 1.807) is 18.9 Å². The van der Waals surface area contributed by atoms with Gasteiger partial charge in [-0.05, 0) is 30.0 Å². The average Bonchev–Trinajstić information content (AvgIpc) is 2.93. The van der Waals surface area contributed by atoms with Crippen molar-refractivity contribution < 1.29 is 9.53 Å². The van der Waals surface area contributed by atoms with Gasteiger partial charge in [0.1, 0.15) is 5.75 Å². The summed E-state index contributed by atoms with van der Waals surface area (Å²) in [5.74, 6) is 2.00. The zero-order valence-electron chi connectivity index (χ0n) is 11.7. The van der Waals surface area contributed by atoms with Gasteiger partial charge in [0.05, 0.1) is 12.9 Å². The maximum absolute atomic E-state index is 11.9. The lowest BCUT2D eigenvalue weighted by Crippen LogP contribution is -2.13. The van der Waals surface area contributed by atoms with Gasteiger partial charge in [-0.25, -0.2) is 0 Å². The molecule has 0 bridgehead atoms. The second-order valence-corrected chi connectivity index (χ2v) is 7.36. The number of nitrogens with zero attached hydrogens (tertiary/aromatic N) is 2. The molecule has 1 N–H and O–H groups in total. The van der Waals surface area contributed by atoms with Crippen molar-refractivity contribution in [2.75, 3.05) is 23.9 Å². The molecule has 0 unspecified atom stereocenters. The SMILES string of the molecule is CCSc1nnc(NC(=O)CSc2ccc(OC)cc2)s1. The summed E-state index contributed by atoms with van der Waals surface area (Å²) in [5.41, 5.74) is 0. The third kappa shape index (κ3) is 5.22. The molecular formula is C13H15N3O2S3. The van der Waals surface area contributed by atoms with E-state index in [1.165, 1.54) is 23.1 Å². The third-order valence-electron chi connectivity index (χ3n) is 2.35. The molecule has 0 aliphatic rings. The van der Waals surface area contributed by atoms with E-state index in [0.717, 1.165) is 20.7 Å². The second-order valence-electron chi connectivity index (χ2n) is 3.82. The number of rotatable bonds is 7. The quantitative estimate of drug-likeness (QED) is 0.615. The molecule has 1 aromatic heterocycles. The van der Waals surface area contributed by atoms with Gasteiger partial charge >= 0.3 is 0 Å². The molecule has 21 heavy (non-hydrogen) atoms. The fourth-order valence-electron chi connectivity index (χ4n) is 1.42. The van der Waals surface area contributed by atoms with E-state index in [0.29, 0.717) is 10.9 Å². The van der Waals surface area contributed by atoms with Gasteiger partial charge in [-0.15, -0.1) is 22.0 Å². The number of nitrogens with one attached hydrogen (secondary N) is 1. The molecule has 0 atom stereocenters. The van der Waals surface area contributed by atoms with Crippen molar-refractivity contribution in [3.63, 3.8) is 0 Å². The highest BCUT2D eigenvalue weighted by atomic mass is 32.2. The summed E-state index contributed by atoms with van der Waals surface area (Å²) in [6.45, 7) is 2.05. The minimum Gasteiger partial charge on any atom is -0.497 e. The Balaban J connectivity index is 1.80. The lowest BCUT2D eigenvalue weighted by atomic mass is 10.3. The zero-order valence-corrected chi connectivity index (χ0v) is 14.1. The van der Waals surface area contributed by atoms with Gasteiger partial charge in [0.2, 0.25) is 11.0 Å². The van der Waals surface area contributed by atoms with Gasteiger partial charge in [0, 0.05) is 4.90 Å². The van der Waals surface area contributed by atoms with Gasteiger partial charge in [0.15, 0.2) is 4.34 Å². The number of hydrogen-bond acceptors (Lipinski definition) is 7. The Labute approximate surface area is 135 Å². The number of ether oxygens (including phenoxy) is 1. The average molecular weight is 341 g/mol. The maximum Gasteiger partial charge on any atom is 0.236 e. The molecule has 0 saturated heterocycles. The summed E-state index contributed by atoms with van der Waals surface area (Å²) in [4.78, 5) is 12.9. The minimum atomic E-state index is -0.0833. The molecule has 8 heteroatoms. The normalized spacial score (nSPS) is 10.4. The van der Waals surface area contributed by atoms with Crippen LogP contribution in [0.2, 0.25) is 0 Å². The van der Waals surface area contributed by atoms with Crippen LogP contribution in [0.25, 0.3) is 0 Å². The van der Waals surface area contributed by atoms with Crippen LogP contribution in [0.4, 0.5) is 5.13 Å². The zero-order chi connectivity index (χ0) is 15.1. The molecule has 0 aliphatic heterocycles. The predicted molar refractivity (Wildman–Crippen MR) is 88.7 cm³/mol. The number of amides is 1. The number of hydrogen-bond donors (Lipinski definition) is 1. The first-order valence-electron chi connectivity index (χ1n) is 6.24. The van der Waals surface area contributed by atoms with Crippen LogP contribution >= 0.6 is 34.9 Å². The number of aromatic nitrogens is 2. The van der Waals surface area contributed by atoms with Crippen LogP contribution in [0.3, 0.4) is 0 Å². The Morgan fingerprint density at radius 1 is 1.29 bits per heavy atom. The Morgan fingerprint density at radius 3 is 2.71 bits per heavy atom. The largest absolute Gasteiger partial charge is 0.497 e. The van der Waals surface area contributed by atoms with Crippen molar-refractivity contribution >= 4 is 45.9 Å². The third-order valence-corrected chi connectivity index (χ3v) is 5.22. The fourth-order valence-corrected chi connectivity index (χ4v) is 3.78. The first-order chi connectivity index (χ1) is 10.2. The Morgan fingerprint density at radius 2 is 2.05 bits per heavy atom. The Hall–Kier alpha value is -1.25. The van der Waals surface area contributed by atoms with Gasteiger partial charge in [0.25, 0.3) is 0 Å². The number of carbonyl (C=O) groups excluding carboxylic acids is 1. The number of benzene rings is 1. The van der Waals surface area contributed by atoms with Crippen molar-refractivity contribution in [2.24, 2.45) is 0 Å². The predicted octanol–water partition coefficient (Wildman–Crippen LogP) is 3.39. The molecule has 0 spiro atoms. The molecular weight excluding hydrogens is 326 g/mol. The van der Waals surface area contributed by atoms with Crippen LogP contribution in [-0.4, -0.2) is 34.7 Å². The fraction of sp³-hybridized carbons (Fsp3) is 0.308. The van der Waals surface area contributed by atoms with Crippen LogP contribution in [0.5, 0.6) is 5.75 Å². The van der Waals surface area contributed by atoms with Crippen LogP contribution < -0.4 is 10.1 Å². The van der Waals surface area contributed by atoms with Crippen LogP contribution in [0.15, 0.2) is 33.5 Å². The van der Waals surface area contributed by atoms with Gasteiger partial charge in [-0.2, -0.15) is 0 Å². The maximum atomic E-state index is 11.9. The van der Waals surface area contributed by atoms with Crippen LogP contribution in [0, 0.1) is 0 Å². The van der Waals surface area contributed by atoms with Gasteiger partial charge in [-0.1, -0.05) is 30.0 Å². The molecule has 1 heterocycles. The smallest absolute Gasteiger partial charge is 0.236 e. The molecule has 2 aromatic rings. The summed E-state index contributed by atoms with van der Waals surface area (Å²) >= 11 is 4.48. The van der Waals surface area contributed by atoms with Crippen molar-refractivity contribution in [3.05, 3.63) is 24.3 Å². The molecule has 0 fully saturated rings. The molecule has 0 saturated carbocycles. The molecule has 5 nitrogen and oxygen atoms in total. The number of anilines is 1. The van der Waals surface area contributed by atoms with Gasteiger partial charge < -0.3 is 4.74 Å². The topological polar surface area (TPSA) is 64.1 Å². The highest BCUT2D eigenvalue weighted by molar-refractivity contribution is 8.01. The highest BCUT2D eigenvalue weighted by Gasteiger charge is 2.08. The summed E-state index contributed by atoms with van der Waals surface area (Å²) in [6, 6.07) is 7.61. The van der Waals surface area contributed by atoms with E-state index in [9.17, 15) is 4.79 Å². The monoisotopic (exact) mass is 341 g/mol. The summed E-state index contributed by atoms with van der Waals surface area (Å²) in [5, 5.41) is 11.2. The van der Waals surface area contributed by atoms with E-state index >= 15 is 0 Å². The molecule has 0 radical (unpaired) electrons. The molecule has 112 valence electrons. The lowest BCUT2D eigenvalue weighted by Gasteiger charge is -2.03. The number of carbonyl (C=O) groups is 1. The summed E-state index contributed by atoms with van der Waals surface area (Å²) < 4.78 is 5.96. The van der Waals surface area contributed by atoms with E-state index in [1.807, 2.05) is 24.3 Å². The van der Waals surface area contributed by atoms with E-state index < -0.39 is 0 Å². The van der Waals surface area contributed by atoms with Crippen molar-refractivity contribution in [2.45, 2.75) is 16.2 Å². The van der Waals surface area contributed by atoms with E-state index in [4.69, 9.17) is 4.74 Å². The first kappa shape index (κ1) is 16.1. The lowest BCUT2D eigenvalue weighted by molar-refractivity contribution is -0.113. The Kier molecular flexibility index (Phi) is 6.34. The van der Waals surface area contributed by atoms with Crippen LogP contribution in [0.1, 0.15) is 6.92 Å². The molecule has 1 amide bonds. The van der Waals surface area contributed by atoms with Crippen molar-refractivity contribution in [3.8, 4) is 5.75 Å². The molecule has 1 aromatic carbocycles. The summed E-state index contributed by atoms with van der Waals surface area (Å²) in [6.07, 6.45) is 0. The standard InChI is InChI=1S/C13H15N3O2S3/c1-3-19-13-16-15-12(21-13)14-11(17)8-20-10-6-4-9(18-2)5-7-10/h4-7H,3,8H2,1-2H3,(H,14,15,17). The van der Waals surface area contributed by atoms with Crippen LogP contribution in [-0.2, 0) is 4.79 Å². The number of methoxy groups -OCH3 is 1. The first-order valence-corrected chi connectivity index (χ1v) is 9.03. The van der Waals surface area contributed by atoms with Crippen molar-refractivity contribution in [1.29, 1.82) is 0 Å². The number of thioether (sulfide) groups is 2. The molecule has 2 rings (SSSR count). The second kappa shape index (κ2) is 8.26. The van der Waals surface area contributed by atoms with E-state index in [2.05, 4.69) is 22.4 Å². The molecule has 0 aliphatic carbocycles. The van der Waals surface area contributed by atoms with E-state index in [-0.39, 0.29) is 5.91 Å².